The predicted octanol–water partition coefficient (Wildman–Crippen LogP) is 12.9. The fraction of sp³-hybridized carbons (Fsp3) is 0.160. The summed E-state index contributed by atoms with van der Waals surface area (Å²) < 4.78 is 115. The molecule has 0 saturated heterocycles. The molecule has 0 aliphatic carbocycles. The molecule has 340 valence electrons. The molecule has 7 aromatic carbocycles. The summed E-state index contributed by atoms with van der Waals surface area (Å²) in [6.45, 7) is 3.25. The van der Waals surface area contributed by atoms with Gasteiger partial charge in [0.15, 0.2) is 0 Å². The molecule has 0 spiro atoms. The van der Waals surface area contributed by atoms with Crippen molar-refractivity contribution in [2.45, 2.75) is 48.6 Å². The zero-order valence-electron chi connectivity index (χ0n) is 35.3. The van der Waals surface area contributed by atoms with Crippen molar-refractivity contribution in [3.8, 4) is 5.75 Å². The van der Waals surface area contributed by atoms with E-state index in [4.69, 9.17) is 22.6 Å². The molecular weight excluding hydrogens is 899 g/mol. The lowest BCUT2D eigenvalue weighted by molar-refractivity contribution is -0.143. The highest BCUT2D eigenvalue weighted by molar-refractivity contribution is 7.30. The van der Waals surface area contributed by atoms with E-state index in [1.807, 2.05) is 0 Å². The number of aliphatic hydroxyl groups is 2. The number of rotatable bonds is 18. The lowest BCUT2D eigenvalue weighted by Crippen LogP contribution is -2.49. The van der Waals surface area contributed by atoms with E-state index in [9.17, 15) is 36.6 Å². The van der Waals surface area contributed by atoms with Crippen molar-refractivity contribution in [2.24, 2.45) is 0 Å². The van der Waals surface area contributed by atoms with Crippen LogP contribution in [-0.2, 0) is 52.7 Å². The largest absolute Gasteiger partial charge is 0.722 e. The molecule has 0 aliphatic heterocycles. The minimum atomic E-state index is -5.19. The third kappa shape index (κ3) is 10.1. The van der Waals surface area contributed by atoms with Crippen LogP contribution in [0.1, 0.15) is 58.4 Å². The molecule has 0 amide bonds. The highest BCUT2D eigenvalue weighted by Gasteiger charge is 2.54. The average Bonchev–Trinajstić information content (AvgIpc) is 3.34. The summed E-state index contributed by atoms with van der Waals surface area (Å²) in [6.07, 6.45) is -10.4. The summed E-state index contributed by atoms with van der Waals surface area (Å²) in [6, 6.07) is 53.0. The summed E-state index contributed by atoms with van der Waals surface area (Å²) >= 11 is 0. The van der Waals surface area contributed by atoms with Gasteiger partial charge in [-0.25, -0.2) is 0 Å². The first kappa shape index (κ1) is 48.5. The summed E-state index contributed by atoms with van der Waals surface area (Å²) in [4.78, 5) is 0. The topological polar surface area (TPSA) is 86.6 Å². The molecule has 0 saturated carbocycles. The molecule has 0 aromatic heterocycles. The summed E-state index contributed by atoms with van der Waals surface area (Å²) in [5, 5.41) is 26.1. The minimum absolute atomic E-state index is 0.0299. The van der Waals surface area contributed by atoms with Crippen molar-refractivity contribution >= 4 is 25.4 Å². The molecule has 4 atom stereocenters. The molecule has 0 bridgehead atoms. The second-order valence-corrected chi connectivity index (χ2v) is 16.7. The van der Waals surface area contributed by atoms with Crippen LogP contribution in [0.15, 0.2) is 200 Å². The Morgan fingerprint density at radius 2 is 0.636 bits per heavy atom. The summed E-state index contributed by atoms with van der Waals surface area (Å²) in [5.74, 6) is -0.899. The molecule has 0 fully saturated rings. The van der Waals surface area contributed by atoms with E-state index < -0.39 is 77.0 Å². The van der Waals surface area contributed by atoms with E-state index >= 15 is 0 Å². The standard InChI is InChI=1S/C50H43BF6O7P2/c1-45(36-21-9-3-10-22-36,47(58,38-25-13-5-14-26-38)39-27-15-6-16-28-39)61-65-63-51(60-44-34-42(49(52,53)54)33-43(35-44)50(55,56)57)64-66-62-46(2,37-23-11-4-12-24-37)48(59,40-29-17-7-18-30-40)41-31-19-8-20-32-41/h3-35,58-59,65-66H,1-2H3. The maximum Gasteiger partial charge on any atom is 0.722 e. The highest BCUT2D eigenvalue weighted by Crippen LogP contribution is 2.53. The van der Waals surface area contributed by atoms with Crippen molar-refractivity contribution in [3.63, 3.8) is 0 Å². The van der Waals surface area contributed by atoms with E-state index in [0.717, 1.165) is 0 Å². The Bertz CT molecular complexity index is 2370. The quantitative estimate of drug-likeness (QED) is 0.0503. The van der Waals surface area contributed by atoms with Gasteiger partial charge in [0.2, 0.25) is 0 Å². The molecule has 7 nitrogen and oxygen atoms in total. The first-order valence-electron chi connectivity index (χ1n) is 20.4. The molecule has 2 N–H and O–H groups in total. The lowest BCUT2D eigenvalue weighted by atomic mass is 9.70. The Morgan fingerprint density at radius 1 is 0.379 bits per heavy atom. The Balaban J connectivity index is 1.28. The van der Waals surface area contributed by atoms with Crippen LogP contribution in [0, 0.1) is 0 Å². The van der Waals surface area contributed by atoms with E-state index in [0.29, 0.717) is 45.5 Å². The number of benzene rings is 7. The van der Waals surface area contributed by atoms with Gasteiger partial charge in [-0.2, -0.15) is 26.3 Å². The van der Waals surface area contributed by atoms with Crippen molar-refractivity contribution in [1.29, 1.82) is 0 Å². The molecule has 66 heavy (non-hydrogen) atoms. The van der Waals surface area contributed by atoms with Gasteiger partial charge in [-0.1, -0.05) is 182 Å². The van der Waals surface area contributed by atoms with Gasteiger partial charge in [-0.15, -0.1) is 0 Å². The number of alkyl halides is 6. The Labute approximate surface area is 382 Å². The lowest BCUT2D eigenvalue weighted by Gasteiger charge is -2.45. The molecule has 4 unspecified atom stereocenters. The molecule has 0 aliphatic rings. The third-order valence-electron chi connectivity index (χ3n) is 11.4. The second kappa shape index (κ2) is 20.2. The van der Waals surface area contributed by atoms with Crippen molar-refractivity contribution < 1.29 is 59.1 Å². The smallest absolute Gasteiger partial charge is 0.511 e. The highest BCUT2D eigenvalue weighted by atomic mass is 31.1. The third-order valence-corrected chi connectivity index (χ3v) is 12.9. The number of halogens is 6. The van der Waals surface area contributed by atoms with Gasteiger partial charge in [-0.05, 0) is 65.4 Å². The van der Waals surface area contributed by atoms with Crippen LogP contribution < -0.4 is 4.65 Å². The zero-order chi connectivity index (χ0) is 47.1. The van der Waals surface area contributed by atoms with Gasteiger partial charge >= 0.3 is 19.7 Å². The van der Waals surface area contributed by atoms with Gasteiger partial charge < -0.3 is 32.8 Å². The fourth-order valence-electron chi connectivity index (χ4n) is 7.82. The van der Waals surface area contributed by atoms with E-state index in [1.165, 1.54) is 0 Å². The molecule has 16 heteroatoms. The number of hydrogen-bond acceptors (Lipinski definition) is 7. The second-order valence-electron chi connectivity index (χ2n) is 15.4. The van der Waals surface area contributed by atoms with Crippen LogP contribution in [0.25, 0.3) is 0 Å². The van der Waals surface area contributed by atoms with Crippen LogP contribution in [0.3, 0.4) is 0 Å². The SMILES string of the molecule is CC(OPOB(OPOC(C)(c1ccccc1)C(O)(c1ccccc1)c1ccccc1)Oc1cc(C(F)(F)F)cc(C(F)(F)F)c1)(c1ccccc1)C(O)(c1ccccc1)c1ccccc1. The monoisotopic (exact) mass is 942 g/mol. The zero-order valence-corrected chi connectivity index (χ0v) is 37.3. The van der Waals surface area contributed by atoms with Crippen molar-refractivity contribution in [3.05, 3.63) is 245 Å². The Morgan fingerprint density at radius 3 is 0.894 bits per heavy atom. The van der Waals surface area contributed by atoms with E-state index in [-0.39, 0.29) is 6.07 Å². The molecule has 0 heterocycles. The van der Waals surface area contributed by atoms with Gasteiger partial charge in [0.05, 0.1) is 11.1 Å². The molecular formula is C50H43BF6O7P2. The van der Waals surface area contributed by atoms with Gasteiger partial charge in [0.25, 0.3) is 0 Å². The normalized spacial score (nSPS) is 14.6. The summed E-state index contributed by atoms with van der Waals surface area (Å²) in [5.41, 5.74) is -7.87. The van der Waals surface area contributed by atoms with E-state index in [2.05, 4.69) is 0 Å². The Kier molecular flexibility index (Phi) is 14.9. The first-order chi connectivity index (χ1) is 31.5. The minimum Gasteiger partial charge on any atom is -0.511 e. The van der Waals surface area contributed by atoms with Crippen LogP contribution in [-0.4, -0.2) is 17.5 Å². The van der Waals surface area contributed by atoms with Crippen molar-refractivity contribution in [1.82, 2.24) is 0 Å². The maximum absolute atomic E-state index is 14.1. The predicted molar refractivity (Wildman–Crippen MR) is 243 cm³/mol. The molecule has 0 radical (unpaired) electrons. The molecule has 7 rings (SSSR count). The fourth-order valence-corrected chi connectivity index (χ4v) is 9.23. The van der Waals surface area contributed by atoms with Gasteiger partial charge in [-0.3, -0.25) is 0 Å². The van der Waals surface area contributed by atoms with Crippen LogP contribution >= 0.6 is 18.1 Å². The van der Waals surface area contributed by atoms with Crippen LogP contribution in [0.5, 0.6) is 5.75 Å². The first-order valence-corrected chi connectivity index (χ1v) is 22.0. The van der Waals surface area contributed by atoms with Gasteiger partial charge in [0.1, 0.15) is 46.2 Å². The summed E-state index contributed by atoms with van der Waals surface area (Å²) in [7, 11) is -4.43. The van der Waals surface area contributed by atoms with Gasteiger partial charge in [0, 0.05) is 0 Å². The number of hydrogen-bond donors (Lipinski definition) is 2. The Hall–Kier alpha value is -5.40. The van der Waals surface area contributed by atoms with Crippen LogP contribution in [0.4, 0.5) is 26.3 Å². The average molecular weight is 943 g/mol. The van der Waals surface area contributed by atoms with Crippen molar-refractivity contribution in [2.75, 3.05) is 0 Å². The van der Waals surface area contributed by atoms with E-state index in [1.54, 1.807) is 196 Å². The maximum atomic E-state index is 14.1. The van der Waals surface area contributed by atoms with Crippen LogP contribution in [0.2, 0.25) is 0 Å². The molecule has 7 aromatic rings.